The van der Waals surface area contributed by atoms with E-state index < -0.39 is 0 Å². The Morgan fingerprint density at radius 3 is 2.36 bits per heavy atom. The number of carbonyl (C=O) groups is 2. The van der Waals surface area contributed by atoms with Crippen molar-refractivity contribution < 1.29 is 14.3 Å². The molecular formula is C20H28N2O3. The Bertz CT molecular complexity index is 647. The zero-order valence-electron chi connectivity index (χ0n) is 15.5. The van der Waals surface area contributed by atoms with Crippen LogP contribution < -0.4 is 0 Å². The van der Waals surface area contributed by atoms with E-state index in [2.05, 4.69) is 32.0 Å². The van der Waals surface area contributed by atoms with Gasteiger partial charge in [-0.1, -0.05) is 35.7 Å². The molecule has 0 spiro atoms. The van der Waals surface area contributed by atoms with Crippen molar-refractivity contribution in [1.29, 1.82) is 0 Å². The number of amides is 2. The number of methoxy groups -OCH3 is 1. The lowest BCUT2D eigenvalue weighted by molar-refractivity contribution is -0.159. The summed E-state index contributed by atoms with van der Waals surface area (Å²) in [6.07, 6.45) is 2.81. The summed E-state index contributed by atoms with van der Waals surface area (Å²) in [5, 5.41) is 0. The molecule has 5 heteroatoms. The lowest BCUT2D eigenvalue weighted by Crippen LogP contribution is -2.57. The van der Waals surface area contributed by atoms with Crippen molar-refractivity contribution in [3.05, 3.63) is 34.9 Å². The Morgan fingerprint density at radius 2 is 1.84 bits per heavy atom. The molecule has 0 radical (unpaired) electrons. The van der Waals surface area contributed by atoms with Crippen molar-refractivity contribution in [2.45, 2.75) is 39.7 Å². The predicted molar refractivity (Wildman–Crippen MR) is 96.1 cm³/mol. The number of nitrogens with zero attached hydrogens (tertiary/aromatic N) is 2. The molecule has 1 aliphatic carbocycles. The standard InChI is InChI=1S/C20H28N2O3/c1-15-9-16(2)11-17(10-15)12-21-7-8-22(13-18(21)23)19(24)20(14-25-3)5-4-6-20/h9-11H,4-8,12-14H2,1-3H3. The first-order chi connectivity index (χ1) is 11.9. The van der Waals surface area contributed by atoms with E-state index in [1.165, 1.54) is 11.1 Å². The van der Waals surface area contributed by atoms with Crippen LogP contribution in [0.4, 0.5) is 0 Å². The number of hydrogen-bond donors (Lipinski definition) is 0. The van der Waals surface area contributed by atoms with Gasteiger partial charge in [0.1, 0.15) is 0 Å². The van der Waals surface area contributed by atoms with Gasteiger partial charge in [-0.25, -0.2) is 0 Å². The summed E-state index contributed by atoms with van der Waals surface area (Å²) in [6, 6.07) is 6.38. The number of ether oxygens (including phenoxy) is 1. The normalized spacial score (nSPS) is 19.7. The van der Waals surface area contributed by atoms with Crippen LogP contribution in [0.1, 0.15) is 36.0 Å². The number of piperazine rings is 1. The molecular weight excluding hydrogens is 316 g/mol. The van der Waals surface area contributed by atoms with Crippen molar-refractivity contribution in [3.8, 4) is 0 Å². The first-order valence-electron chi connectivity index (χ1n) is 9.07. The summed E-state index contributed by atoms with van der Waals surface area (Å²) in [5.41, 5.74) is 3.19. The zero-order chi connectivity index (χ0) is 18.0. The molecule has 0 unspecified atom stereocenters. The van der Waals surface area contributed by atoms with Crippen molar-refractivity contribution in [3.63, 3.8) is 0 Å². The third kappa shape index (κ3) is 3.71. The van der Waals surface area contributed by atoms with Gasteiger partial charge < -0.3 is 14.5 Å². The van der Waals surface area contributed by atoms with Crippen LogP contribution in [0.5, 0.6) is 0 Å². The number of benzene rings is 1. The average Bonchev–Trinajstić information content (AvgIpc) is 2.51. The number of rotatable bonds is 5. The highest BCUT2D eigenvalue weighted by Gasteiger charge is 2.47. The van der Waals surface area contributed by atoms with Crippen LogP contribution in [-0.2, 0) is 20.9 Å². The van der Waals surface area contributed by atoms with E-state index >= 15 is 0 Å². The fourth-order valence-corrected chi connectivity index (χ4v) is 4.06. The van der Waals surface area contributed by atoms with E-state index in [9.17, 15) is 9.59 Å². The second kappa shape index (κ2) is 7.16. The molecule has 0 N–H and O–H groups in total. The highest BCUT2D eigenvalue weighted by Crippen LogP contribution is 2.42. The summed E-state index contributed by atoms with van der Waals surface area (Å²) < 4.78 is 5.27. The SMILES string of the molecule is COCC1(C(=O)N2CCN(Cc3cc(C)cc(C)c3)C(=O)C2)CCC1. The molecule has 1 aromatic carbocycles. The van der Waals surface area contributed by atoms with Crippen molar-refractivity contribution >= 4 is 11.8 Å². The molecule has 136 valence electrons. The van der Waals surface area contributed by atoms with E-state index in [0.717, 1.165) is 24.8 Å². The van der Waals surface area contributed by atoms with Crippen LogP contribution in [0.2, 0.25) is 0 Å². The Labute approximate surface area is 149 Å². The van der Waals surface area contributed by atoms with Gasteiger partial charge >= 0.3 is 0 Å². The third-order valence-electron chi connectivity index (χ3n) is 5.45. The van der Waals surface area contributed by atoms with Crippen molar-refractivity contribution in [2.24, 2.45) is 5.41 Å². The fourth-order valence-electron chi connectivity index (χ4n) is 4.06. The van der Waals surface area contributed by atoms with Crippen molar-refractivity contribution in [2.75, 3.05) is 33.4 Å². The van der Waals surface area contributed by atoms with E-state index in [1.807, 2.05) is 4.90 Å². The minimum Gasteiger partial charge on any atom is -0.384 e. The van der Waals surface area contributed by atoms with Gasteiger partial charge in [-0.3, -0.25) is 9.59 Å². The second-order valence-corrected chi connectivity index (χ2v) is 7.60. The minimum absolute atomic E-state index is 0.0330. The molecule has 1 aromatic rings. The minimum atomic E-state index is -0.384. The van der Waals surface area contributed by atoms with Crippen LogP contribution in [0.15, 0.2) is 18.2 Å². The monoisotopic (exact) mass is 344 g/mol. The third-order valence-corrected chi connectivity index (χ3v) is 5.45. The molecule has 2 aliphatic rings. The summed E-state index contributed by atoms with van der Waals surface area (Å²) in [7, 11) is 1.64. The van der Waals surface area contributed by atoms with Crippen LogP contribution in [-0.4, -0.2) is 55.0 Å². The van der Waals surface area contributed by atoms with Crippen LogP contribution in [0.3, 0.4) is 0 Å². The number of hydrogen-bond acceptors (Lipinski definition) is 3. The molecule has 0 bridgehead atoms. The Balaban J connectivity index is 1.62. The van der Waals surface area contributed by atoms with E-state index in [-0.39, 0.29) is 23.8 Å². The Morgan fingerprint density at radius 1 is 1.16 bits per heavy atom. The molecule has 2 amide bonds. The molecule has 0 aromatic heterocycles. The Kier molecular flexibility index (Phi) is 5.13. The molecule has 2 fully saturated rings. The molecule has 1 saturated carbocycles. The molecule has 25 heavy (non-hydrogen) atoms. The maximum absolute atomic E-state index is 12.9. The van der Waals surface area contributed by atoms with Gasteiger partial charge in [0.25, 0.3) is 0 Å². The van der Waals surface area contributed by atoms with E-state index in [1.54, 1.807) is 12.0 Å². The molecule has 0 atom stereocenters. The first kappa shape index (κ1) is 17.9. The van der Waals surface area contributed by atoms with Gasteiger partial charge in [-0.15, -0.1) is 0 Å². The summed E-state index contributed by atoms with van der Waals surface area (Å²) in [4.78, 5) is 29.0. The zero-order valence-corrected chi connectivity index (χ0v) is 15.5. The molecule has 1 heterocycles. The van der Waals surface area contributed by atoms with Gasteiger partial charge in [0.05, 0.1) is 18.6 Å². The lowest BCUT2D eigenvalue weighted by atomic mass is 9.68. The van der Waals surface area contributed by atoms with Gasteiger partial charge in [0.15, 0.2) is 0 Å². The van der Waals surface area contributed by atoms with Crippen LogP contribution in [0, 0.1) is 19.3 Å². The first-order valence-corrected chi connectivity index (χ1v) is 9.07. The molecule has 1 aliphatic heterocycles. The fraction of sp³-hybridized carbons (Fsp3) is 0.600. The molecule has 1 saturated heterocycles. The quantitative estimate of drug-likeness (QED) is 0.823. The van der Waals surface area contributed by atoms with Crippen LogP contribution >= 0.6 is 0 Å². The maximum Gasteiger partial charge on any atom is 0.242 e. The number of carbonyl (C=O) groups excluding carboxylic acids is 2. The van der Waals surface area contributed by atoms with Crippen molar-refractivity contribution in [1.82, 2.24) is 9.80 Å². The average molecular weight is 344 g/mol. The maximum atomic E-state index is 12.9. The topological polar surface area (TPSA) is 49.9 Å². The van der Waals surface area contributed by atoms with E-state index in [4.69, 9.17) is 4.74 Å². The predicted octanol–water partition coefficient (Wildman–Crippen LogP) is 2.29. The second-order valence-electron chi connectivity index (χ2n) is 7.60. The summed E-state index contributed by atoms with van der Waals surface area (Å²) in [6.45, 7) is 6.62. The highest BCUT2D eigenvalue weighted by atomic mass is 16.5. The highest BCUT2D eigenvalue weighted by molar-refractivity contribution is 5.89. The van der Waals surface area contributed by atoms with Gasteiger partial charge in [-0.05, 0) is 32.3 Å². The van der Waals surface area contributed by atoms with Crippen LogP contribution in [0.25, 0.3) is 0 Å². The van der Waals surface area contributed by atoms with Gasteiger partial charge in [-0.2, -0.15) is 0 Å². The largest absolute Gasteiger partial charge is 0.384 e. The summed E-state index contributed by atoms with van der Waals surface area (Å²) >= 11 is 0. The van der Waals surface area contributed by atoms with Gasteiger partial charge in [0, 0.05) is 26.7 Å². The molecule has 5 nitrogen and oxygen atoms in total. The lowest BCUT2D eigenvalue weighted by Gasteiger charge is -2.45. The van der Waals surface area contributed by atoms with E-state index in [0.29, 0.717) is 26.2 Å². The Hall–Kier alpha value is -1.88. The smallest absolute Gasteiger partial charge is 0.242 e. The number of aryl methyl sites for hydroxylation is 2. The van der Waals surface area contributed by atoms with Gasteiger partial charge in [0.2, 0.25) is 11.8 Å². The molecule has 3 rings (SSSR count). The summed E-state index contributed by atoms with van der Waals surface area (Å²) in [5.74, 6) is 0.130.